The number of rotatable bonds is 11. The van der Waals surface area contributed by atoms with E-state index >= 15 is 0 Å². The fourth-order valence-electron chi connectivity index (χ4n) is 5.28. The highest BCUT2D eigenvalue weighted by molar-refractivity contribution is 7.23. The van der Waals surface area contributed by atoms with Gasteiger partial charge in [0.1, 0.15) is 22.2 Å². The van der Waals surface area contributed by atoms with Crippen LogP contribution >= 0.6 is 22.7 Å². The first kappa shape index (κ1) is 33.6. The third kappa shape index (κ3) is 8.51. The zero-order chi connectivity index (χ0) is 32.8. The minimum atomic E-state index is -0.583. The van der Waals surface area contributed by atoms with Crippen LogP contribution in [-0.2, 0) is 38.6 Å². The highest BCUT2D eigenvalue weighted by atomic mass is 32.1. The molecule has 1 unspecified atom stereocenters. The molecule has 0 fully saturated rings. The van der Waals surface area contributed by atoms with Gasteiger partial charge in [-0.15, -0.1) is 22.7 Å². The number of benzene rings is 2. The molecule has 1 aliphatic heterocycles. The van der Waals surface area contributed by atoms with E-state index in [0.29, 0.717) is 26.1 Å². The quantitative estimate of drug-likeness (QED) is 0.166. The summed E-state index contributed by atoms with van der Waals surface area (Å²) in [6.07, 6.45) is 1.34. The predicted molar refractivity (Wildman–Crippen MR) is 184 cm³/mol. The van der Waals surface area contributed by atoms with Crippen LogP contribution in [0, 0.1) is 0 Å². The lowest BCUT2D eigenvalue weighted by atomic mass is 10.0. The number of carbonyl (C=O) groups is 3. The number of hydrogen-bond acceptors (Lipinski definition) is 9. The fourth-order valence-corrected chi connectivity index (χ4v) is 7.67. The van der Waals surface area contributed by atoms with Gasteiger partial charge in [-0.3, -0.25) is 14.5 Å². The molecule has 1 N–H and O–H groups in total. The van der Waals surface area contributed by atoms with Crippen molar-refractivity contribution in [2.75, 3.05) is 25.0 Å². The molecule has 2 amide bonds. The van der Waals surface area contributed by atoms with Crippen LogP contribution in [0.1, 0.15) is 63.5 Å². The van der Waals surface area contributed by atoms with Crippen molar-refractivity contribution in [2.24, 2.45) is 0 Å². The number of nitrogens with one attached hydrogen (secondary N) is 1. The summed E-state index contributed by atoms with van der Waals surface area (Å²) in [7, 11) is 0. The molecule has 244 valence electrons. The molecule has 46 heavy (non-hydrogen) atoms. The van der Waals surface area contributed by atoms with Crippen molar-refractivity contribution < 1.29 is 23.9 Å². The monoisotopic (exact) mass is 662 g/mol. The molecule has 9 nitrogen and oxygen atoms in total. The standard InChI is InChI=1S/C35H42N4O5S2/c1-6-23(2)38(21-30(41)43-22-24-12-8-7-9-13-24)19-17-29(40)37-33-31(32-36-26-14-10-11-15-27(26)45-32)25-16-18-39(20-28(25)46-33)34(42)44-35(3,4)5/h7-15,23H,6,16-22H2,1-5H3,(H,37,40). The van der Waals surface area contributed by atoms with E-state index in [4.69, 9.17) is 14.5 Å². The largest absolute Gasteiger partial charge is 0.460 e. The smallest absolute Gasteiger partial charge is 0.410 e. The molecule has 2 aromatic carbocycles. The second-order valence-corrected chi connectivity index (χ2v) is 14.7. The van der Waals surface area contributed by atoms with Gasteiger partial charge in [-0.2, -0.15) is 0 Å². The summed E-state index contributed by atoms with van der Waals surface area (Å²) in [6.45, 7) is 11.4. The number of amides is 2. The summed E-state index contributed by atoms with van der Waals surface area (Å²) in [6, 6.07) is 17.7. The molecule has 2 aromatic heterocycles. The van der Waals surface area contributed by atoms with Crippen molar-refractivity contribution >= 4 is 55.9 Å². The van der Waals surface area contributed by atoms with Gasteiger partial charge in [0, 0.05) is 36.0 Å². The van der Waals surface area contributed by atoms with Crippen LogP contribution < -0.4 is 5.32 Å². The Balaban J connectivity index is 1.31. The van der Waals surface area contributed by atoms with E-state index in [1.54, 1.807) is 16.2 Å². The van der Waals surface area contributed by atoms with E-state index in [1.807, 2.05) is 80.3 Å². The van der Waals surface area contributed by atoms with E-state index in [9.17, 15) is 14.4 Å². The molecule has 0 saturated carbocycles. The normalized spacial score (nSPS) is 13.8. The van der Waals surface area contributed by atoms with Crippen LogP contribution in [0.2, 0.25) is 0 Å². The maximum atomic E-state index is 13.5. The predicted octanol–water partition coefficient (Wildman–Crippen LogP) is 7.49. The molecule has 5 rings (SSSR count). The first-order valence-electron chi connectivity index (χ1n) is 15.7. The van der Waals surface area contributed by atoms with Gasteiger partial charge in [0.15, 0.2) is 0 Å². The van der Waals surface area contributed by atoms with Crippen LogP contribution in [0.3, 0.4) is 0 Å². The zero-order valence-electron chi connectivity index (χ0n) is 27.1. The maximum Gasteiger partial charge on any atom is 0.410 e. The third-order valence-electron chi connectivity index (χ3n) is 7.88. The molecule has 4 aromatic rings. The van der Waals surface area contributed by atoms with Crippen molar-refractivity contribution in [1.29, 1.82) is 0 Å². The Morgan fingerprint density at radius 3 is 2.52 bits per heavy atom. The summed E-state index contributed by atoms with van der Waals surface area (Å²) >= 11 is 3.09. The Morgan fingerprint density at radius 2 is 1.80 bits per heavy atom. The van der Waals surface area contributed by atoms with Gasteiger partial charge < -0.3 is 19.7 Å². The molecule has 1 aliphatic rings. The summed E-state index contributed by atoms with van der Waals surface area (Å²) in [5, 5.41) is 4.76. The summed E-state index contributed by atoms with van der Waals surface area (Å²) in [5.41, 5.74) is 3.31. The number of thiazole rings is 1. The SMILES string of the molecule is CCC(C)N(CCC(=O)Nc1sc2c(c1-c1nc3ccccc3s1)CCN(C(=O)OC(C)(C)C)C2)CC(=O)OCc1ccccc1. The second-order valence-electron chi connectivity index (χ2n) is 12.5. The summed E-state index contributed by atoms with van der Waals surface area (Å²) in [5.74, 6) is -0.459. The number of esters is 1. The Bertz CT molecular complexity index is 1640. The molecule has 11 heteroatoms. The number of nitrogens with zero attached hydrogens (tertiary/aromatic N) is 3. The average molecular weight is 663 g/mol. The average Bonchev–Trinajstić information content (AvgIpc) is 3.61. The Hall–Kier alpha value is -3.80. The van der Waals surface area contributed by atoms with E-state index in [2.05, 4.69) is 19.2 Å². The van der Waals surface area contributed by atoms with Crippen LogP contribution in [0.4, 0.5) is 9.80 Å². The van der Waals surface area contributed by atoms with Gasteiger partial charge >= 0.3 is 12.1 Å². The van der Waals surface area contributed by atoms with Crippen LogP contribution in [0.25, 0.3) is 20.8 Å². The molecule has 0 saturated heterocycles. The van der Waals surface area contributed by atoms with Gasteiger partial charge in [-0.05, 0) is 63.8 Å². The minimum absolute atomic E-state index is 0.100. The molecular weight excluding hydrogens is 621 g/mol. The van der Waals surface area contributed by atoms with Crippen LogP contribution in [0.15, 0.2) is 54.6 Å². The van der Waals surface area contributed by atoms with E-state index in [1.165, 1.54) is 11.3 Å². The van der Waals surface area contributed by atoms with Gasteiger partial charge in [-0.1, -0.05) is 49.4 Å². The fraction of sp³-hybridized carbons (Fsp3) is 0.429. The maximum absolute atomic E-state index is 13.5. The number of para-hydroxylation sites is 1. The number of ether oxygens (including phenoxy) is 2. The van der Waals surface area contributed by atoms with Crippen molar-refractivity contribution in [2.45, 2.75) is 78.7 Å². The lowest BCUT2D eigenvalue weighted by Gasteiger charge is -2.30. The molecule has 0 spiro atoms. The number of anilines is 1. The van der Waals surface area contributed by atoms with Crippen molar-refractivity contribution in [3.05, 3.63) is 70.6 Å². The van der Waals surface area contributed by atoms with E-state index in [0.717, 1.165) is 48.2 Å². The van der Waals surface area contributed by atoms with E-state index in [-0.39, 0.29) is 43.6 Å². The second kappa shape index (κ2) is 14.7. The van der Waals surface area contributed by atoms with E-state index < -0.39 is 5.60 Å². The van der Waals surface area contributed by atoms with Crippen LogP contribution in [0.5, 0.6) is 0 Å². The minimum Gasteiger partial charge on any atom is -0.460 e. The number of fused-ring (bicyclic) bond motifs is 2. The first-order valence-corrected chi connectivity index (χ1v) is 17.4. The summed E-state index contributed by atoms with van der Waals surface area (Å²) < 4.78 is 12.2. The number of carbonyl (C=O) groups excluding carboxylic acids is 3. The Morgan fingerprint density at radius 1 is 1.07 bits per heavy atom. The lowest BCUT2D eigenvalue weighted by Crippen LogP contribution is -2.39. The molecule has 1 atom stereocenters. The third-order valence-corrected chi connectivity index (χ3v) is 10.1. The highest BCUT2D eigenvalue weighted by Gasteiger charge is 2.31. The molecular formula is C35H42N4O5S2. The lowest BCUT2D eigenvalue weighted by molar-refractivity contribution is -0.147. The molecule has 0 radical (unpaired) electrons. The molecule has 0 aliphatic carbocycles. The topological polar surface area (TPSA) is 101 Å². The van der Waals surface area contributed by atoms with Crippen LogP contribution in [-0.4, -0.2) is 64.0 Å². The zero-order valence-corrected chi connectivity index (χ0v) is 28.8. The molecule has 3 heterocycles. The molecule has 0 bridgehead atoms. The van der Waals surface area contributed by atoms with Gasteiger partial charge in [0.05, 0.1) is 23.3 Å². The van der Waals surface area contributed by atoms with Crippen molar-refractivity contribution in [3.8, 4) is 10.6 Å². The number of hydrogen-bond donors (Lipinski definition) is 1. The Labute approximate surface area is 278 Å². The van der Waals surface area contributed by atoms with Gasteiger partial charge in [0.2, 0.25) is 5.91 Å². The van der Waals surface area contributed by atoms with Crippen molar-refractivity contribution in [1.82, 2.24) is 14.8 Å². The van der Waals surface area contributed by atoms with Gasteiger partial charge in [0.25, 0.3) is 0 Å². The highest BCUT2D eigenvalue weighted by Crippen LogP contribution is 2.46. The van der Waals surface area contributed by atoms with Crippen molar-refractivity contribution in [3.63, 3.8) is 0 Å². The number of thiophene rings is 1. The van der Waals surface area contributed by atoms with Gasteiger partial charge in [-0.25, -0.2) is 9.78 Å². The summed E-state index contributed by atoms with van der Waals surface area (Å²) in [4.78, 5) is 48.7. The first-order chi connectivity index (χ1) is 22.0. The Kier molecular flexibility index (Phi) is 10.8. The number of aromatic nitrogens is 1.